The molecule has 0 atom stereocenters. The van der Waals surface area contributed by atoms with Crippen LogP contribution in [0, 0.1) is 13.8 Å². The summed E-state index contributed by atoms with van der Waals surface area (Å²) in [7, 11) is -7.62. The molecular formula is C30H38N4O4S2. The molecule has 1 aliphatic heterocycles. The zero-order chi connectivity index (χ0) is 28.8. The third-order valence-corrected chi connectivity index (χ3v) is 10.7. The van der Waals surface area contributed by atoms with Crippen molar-refractivity contribution in [3.8, 4) is 0 Å². The molecule has 0 N–H and O–H groups in total. The summed E-state index contributed by atoms with van der Waals surface area (Å²) >= 11 is 0. The highest BCUT2D eigenvalue weighted by Gasteiger charge is 2.29. The lowest BCUT2D eigenvalue weighted by Crippen LogP contribution is -2.41. The molecule has 40 heavy (non-hydrogen) atoms. The van der Waals surface area contributed by atoms with Gasteiger partial charge in [-0.15, -0.1) is 0 Å². The first-order valence-electron chi connectivity index (χ1n) is 13.5. The Hall–Kier alpha value is -2.89. The summed E-state index contributed by atoms with van der Waals surface area (Å²) in [5.41, 5.74) is 3.52. The Balaban J connectivity index is 1.63. The molecule has 4 rings (SSSR count). The van der Waals surface area contributed by atoms with Crippen molar-refractivity contribution in [1.29, 1.82) is 0 Å². The van der Waals surface area contributed by atoms with Gasteiger partial charge >= 0.3 is 0 Å². The number of benzene rings is 2. The van der Waals surface area contributed by atoms with Gasteiger partial charge in [-0.1, -0.05) is 48.0 Å². The summed E-state index contributed by atoms with van der Waals surface area (Å²) in [6.07, 6.45) is 4.81. The molecule has 0 radical (unpaired) electrons. The topological polar surface area (TPSA) is 90.9 Å². The number of hydrogen-bond donors (Lipinski definition) is 0. The van der Waals surface area contributed by atoms with Crippen LogP contribution in [0.2, 0.25) is 0 Å². The van der Waals surface area contributed by atoms with Crippen molar-refractivity contribution >= 4 is 20.0 Å². The average Bonchev–Trinajstić information content (AvgIpc) is 2.92. The Labute approximate surface area is 239 Å². The van der Waals surface area contributed by atoms with Crippen molar-refractivity contribution in [2.24, 2.45) is 0 Å². The average molecular weight is 583 g/mol. The molecule has 2 aromatic carbocycles. The van der Waals surface area contributed by atoms with E-state index in [0.717, 1.165) is 16.7 Å². The normalized spacial score (nSPS) is 17.7. The van der Waals surface area contributed by atoms with E-state index in [1.165, 1.54) is 8.61 Å². The molecule has 0 spiro atoms. The Bertz CT molecular complexity index is 1400. The predicted molar refractivity (Wildman–Crippen MR) is 158 cm³/mol. The first-order chi connectivity index (χ1) is 19.1. The van der Waals surface area contributed by atoms with Crippen molar-refractivity contribution in [2.75, 3.05) is 39.3 Å². The summed E-state index contributed by atoms with van der Waals surface area (Å²) in [4.78, 5) is 6.89. The van der Waals surface area contributed by atoms with E-state index in [1.54, 1.807) is 54.7 Å². The molecule has 3 aromatic rings. The monoisotopic (exact) mass is 582 g/mol. The Morgan fingerprint density at radius 2 is 1.20 bits per heavy atom. The Morgan fingerprint density at radius 3 is 1.62 bits per heavy atom. The molecule has 0 saturated carbocycles. The van der Waals surface area contributed by atoms with Crippen molar-refractivity contribution in [3.63, 3.8) is 0 Å². The second kappa shape index (κ2) is 13.2. The molecule has 0 unspecified atom stereocenters. The quantitative estimate of drug-likeness (QED) is 0.404. The van der Waals surface area contributed by atoms with Gasteiger partial charge < -0.3 is 0 Å². The molecule has 0 aliphatic carbocycles. The van der Waals surface area contributed by atoms with Crippen LogP contribution >= 0.6 is 0 Å². The lowest BCUT2D eigenvalue weighted by atomic mass is 10.2. The van der Waals surface area contributed by atoms with E-state index in [2.05, 4.69) is 16.5 Å². The summed E-state index contributed by atoms with van der Waals surface area (Å²) in [6.45, 7) is 10.6. The van der Waals surface area contributed by atoms with Crippen molar-refractivity contribution in [1.82, 2.24) is 18.5 Å². The highest BCUT2D eigenvalue weighted by Crippen LogP contribution is 2.22. The molecule has 214 valence electrons. The zero-order valence-corrected chi connectivity index (χ0v) is 24.9. The highest BCUT2D eigenvalue weighted by atomic mass is 32.2. The fourth-order valence-corrected chi connectivity index (χ4v) is 7.80. The molecule has 1 saturated heterocycles. The Morgan fingerprint density at radius 1 is 0.725 bits per heavy atom. The van der Waals surface area contributed by atoms with Gasteiger partial charge in [0.05, 0.1) is 9.79 Å². The van der Waals surface area contributed by atoms with Crippen LogP contribution in [0.15, 0.2) is 95.0 Å². The maximum absolute atomic E-state index is 13.7. The lowest BCUT2D eigenvalue weighted by Gasteiger charge is -2.30. The molecule has 1 aromatic heterocycles. The van der Waals surface area contributed by atoms with Crippen LogP contribution in [0.25, 0.3) is 0 Å². The van der Waals surface area contributed by atoms with Crippen LogP contribution < -0.4 is 0 Å². The van der Waals surface area contributed by atoms with E-state index < -0.39 is 20.0 Å². The van der Waals surface area contributed by atoms with E-state index in [4.69, 9.17) is 0 Å². The van der Waals surface area contributed by atoms with Crippen molar-refractivity contribution in [2.45, 2.75) is 43.0 Å². The molecule has 2 heterocycles. The van der Waals surface area contributed by atoms with Crippen LogP contribution in [0.4, 0.5) is 0 Å². The fraction of sp³-hybridized carbons (Fsp3) is 0.367. The molecule has 1 fully saturated rings. The number of sulfonamides is 2. The number of nitrogens with zero attached hydrogens (tertiary/aromatic N) is 4. The third kappa shape index (κ3) is 7.64. The van der Waals surface area contributed by atoms with Crippen molar-refractivity contribution < 1.29 is 16.8 Å². The standard InChI is InChI=1S/C30H38N4O4S2/c1-25-8-12-29(13-9-25)39(35,36)33-19-5-17-32(24-28-7-4-16-31-21-28)18-6-20-34(23-27(3)22-33)40(37,38)30-14-10-26(2)11-15-30/h4,7-16,21H,3,5-6,17-20,22-24H2,1-2H3. The summed E-state index contributed by atoms with van der Waals surface area (Å²) in [5.74, 6) is 0. The molecule has 10 heteroatoms. The minimum absolute atomic E-state index is 0.0404. The SMILES string of the molecule is C=C1CN(S(=O)(=O)c2ccc(C)cc2)CCCN(Cc2cccnc2)CCCN(S(=O)(=O)c2ccc(C)cc2)C1. The summed E-state index contributed by atoms with van der Waals surface area (Å²) < 4.78 is 57.6. The van der Waals surface area contributed by atoms with Gasteiger partial charge in [0, 0.05) is 45.1 Å². The predicted octanol–water partition coefficient (Wildman–Crippen LogP) is 4.23. The minimum Gasteiger partial charge on any atom is -0.299 e. The third-order valence-electron chi connectivity index (χ3n) is 7.01. The molecule has 0 amide bonds. The first kappa shape index (κ1) is 30.1. The second-order valence-electron chi connectivity index (χ2n) is 10.4. The van der Waals surface area contributed by atoms with Gasteiger partial charge in [-0.3, -0.25) is 9.88 Å². The molecule has 8 nitrogen and oxygen atoms in total. The second-order valence-corrected chi connectivity index (χ2v) is 14.3. The Kier molecular flexibility index (Phi) is 9.91. The van der Waals surface area contributed by atoms with Crippen LogP contribution in [0.1, 0.15) is 29.5 Å². The fourth-order valence-electron chi connectivity index (χ4n) is 4.80. The van der Waals surface area contributed by atoms with Crippen molar-refractivity contribution in [3.05, 3.63) is 102 Å². The molecule has 1 aliphatic rings. The minimum atomic E-state index is -3.81. The summed E-state index contributed by atoms with van der Waals surface area (Å²) in [6, 6.07) is 17.5. The maximum Gasteiger partial charge on any atom is 0.243 e. The van der Waals surface area contributed by atoms with E-state index in [1.807, 2.05) is 32.2 Å². The largest absolute Gasteiger partial charge is 0.299 e. The van der Waals surface area contributed by atoms with Crippen LogP contribution in [-0.4, -0.2) is 74.6 Å². The van der Waals surface area contributed by atoms with Gasteiger partial charge in [0.1, 0.15) is 0 Å². The van der Waals surface area contributed by atoms with Gasteiger partial charge in [-0.05, 0) is 81.2 Å². The van der Waals surface area contributed by atoms with Gasteiger partial charge in [0.25, 0.3) is 0 Å². The van der Waals surface area contributed by atoms with E-state index >= 15 is 0 Å². The van der Waals surface area contributed by atoms with Crippen LogP contribution in [0.3, 0.4) is 0 Å². The van der Waals surface area contributed by atoms with Gasteiger partial charge in [0.2, 0.25) is 20.0 Å². The van der Waals surface area contributed by atoms with Crippen LogP contribution in [-0.2, 0) is 26.6 Å². The zero-order valence-electron chi connectivity index (χ0n) is 23.2. The number of hydrogen-bond acceptors (Lipinski definition) is 6. The van der Waals surface area contributed by atoms with E-state index in [0.29, 0.717) is 51.1 Å². The number of aryl methyl sites for hydroxylation is 2. The van der Waals surface area contributed by atoms with E-state index in [9.17, 15) is 16.8 Å². The highest BCUT2D eigenvalue weighted by molar-refractivity contribution is 7.89. The van der Waals surface area contributed by atoms with Crippen LogP contribution in [0.5, 0.6) is 0 Å². The van der Waals surface area contributed by atoms with Gasteiger partial charge in [-0.25, -0.2) is 16.8 Å². The molecular weight excluding hydrogens is 544 g/mol. The first-order valence-corrected chi connectivity index (χ1v) is 16.4. The van der Waals surface area contributed by atoms with Gasteiger partial charge in [-0.2, -0.15) is 8.61 Å². The van der Waals surface area contributed by atoms with E-state index in [-0.39, 0.29) is 22.9 Å². The summed E-state index contributed by atoms with van der Waals surface area (Å²) in [5, 5.41) is 0. The lowest BCUT2D eigenvalue weighted by molar-refractivity contribution is 0.238. The molecule has 0 bridgehead atoms. The smallest absolute Gasteiger partial charge is 0.243 e. The number of pyridine rings is 1. The maximum atomic E-state index is 13.7. The number of aromatic nitrogens is 1. The van der Waals surface area contributed by atoms with Gasteiger partial charge in [0.15, 0.2) is 0 Å². The number of rotatable bonds is 6.